The van der Waals surface area contributed by atoms with Gasteiger partial charge in [-0.25, -0.2) is 18.1 Å². The third-order valence-electron chi connectivity index (χ3n) is 6.00. The van der Waals surface area contributed by atoms with Gasteiger partial charge in [-0.2, -0.15) is 0 Å². The minimum absolute atomic E-state index is 0.0425. The van der Waals surface area contributed by atoms with Crippen molar-refractivity contribution in [1.29, 1.82) is 0 Å². The molecule has 178 valence electrons. The molecular formula is C27H26N4O3S. The molecule has 1 aromatic heterocycles. The number of pyridine rings is 1. The number of aromatic nitrogens is 1. The van der Waals surface area contributed by atoms with Gasteiger partial charge in [0, 0.05) is 17.0 Å². The number of nitrogens with zero attached hydrogens (tertiary/aromatic N) is 1. The Balaban J connectivity index is 1.38. The largest absolute Gasteiger partial charge is 0.298 e. The second-order valence-electron chi connectivity index (χ2n) is 8.89. The maximum Gasteiger partial charge on any atom is 0.270 e. The normalized spacial score (nSPS) is 13.5. The predicted molar refractivity (Wildman–Crippen MR) is 138 cm³/mol. The van der Waals surface area contributed by atoms with Crippen LogP contribution in [0, 0.1) is 13.8 Å². The Bertz CT molecular complexity index is 1530. The molecule has 5 rings (SSSR count). The quantitative estimate of drug-likeness (QED) is 0.328. The first-order valence-corrected chi connectivity index (χ1v) is 12.9. The summed E-state index contributed by atoms with van der Waals surface area (Å²) in [6, 6.07) is 21.8. The highest BCUT2D eigenvalue weighted by Crippen LogP contribution is 2.28. The molecule has 1 fully saturated rings. The van der Waals surface area contributed by atoms with E-state index >= 15 is 0 Å². The second-order valence-corrected chi connectivity index (χ2v) is 10.6. The summed E-state index contributed by atoms with van der Waals surface area (Å²) < 4.78 is 27.4. The number of rotatable bonds is 7. The Morgan fingerprint density at radius 1 is 0.943 bits per heavy atom. The van der Waals surface area contributed by atoms with Gasteiger partial charge in [-0.15, -0.1) is 0 Å². The Kier molecular flexibility index (Phi) is 6.00. The third-order valence-corrected chi connectivity index (χ3v) is 7.54. The van der Waals surface area contributed by atoms with Crippen molar-refractivity contribution >= 4 is 32.5 Å². The molecular weight excluding hydrogens is 460 g/mol. The Morgan fingerprint density at radius 3 is 2.40 bits per heavy atom. The lowest BCUT2D eigenvalue weighted by molar-refractivity contribution is 0.0964. The summed E-state index contributed by atoms with van der Waals surface area (Å²) in [5.74, 6) is -0.318. The highest BCUT2D eigenvalue weighted by molar-refractivity contribution is 7.89. The van der Waals surface area contributed by atoms with E-state index in [1.54, 1.807) is 18.2 Å². The zero-order chi connectivity index (χ0) is 24.6. The van der Waals surface area contributed by atoms with Crippen molar-refractivity contribution in [3.05, 3.63) is 89.5 Å². The molecule has 1 saturated carbocycles. The molecule has 1 heterocycles. The Labute approximate surface area is 204 Å². The summed E-state index contributed by atoms with van der Waals surface area (Å²) in [6.45, 7) is 4.07. The number of carbonyl (C=O) groups is 1. The molecule has 7 nitrogen and oxygen atoms in total. The average molecular weight is 487 g/mol. The van der Waals surface area contributed by atoms with E-state index < -0.39 is 10.0 Å². The van der Waals surface area contributed by atoms with E-state index in [2.05, 4.69) is 21.6 Å². The number of carbonyl (C=O) groups excluding carboxylic acids is 1. The van der Waals surface area contributed by atoms with Gasteiger partial charge in [0.2, 0.25) is 10.0 Å². The van der Waals surface area contributed by atoms with Crippen LogP contribution >= 0.6 is 0 Å². The van der Waals surface area contributed by atoms with Gasteiger partial charge in [0.05, 0.1) is 27.4 Å². The molecule has 3 aromatic carbocycles. The number of benzene rings is 3. The molecule has 0 atom stereocenters. The molecule has 0 unspecified atom stereocenters. The van der Waals surface area contributed by atoms with Crippen LogP contribution in [0.2, 0.25) is 0 Å². The first-order valence-electron chi connectivity index (χ1n) is 11.5. The third kappa shape index (κ3) is 5.03. The fourth-order valence-electron chi connectivity index (χ4n) is 4.00. The van der Waals surface area contributed by atoms with Crippen molar-refractivity contribution in [2.24, 2.45) is 0 Å². The second kappa shape index (κ2) is 9.13. The van der Waals surface area contributed by atoms with Crippen molar-refractivity contribution in [3.8, 4) is 11.3 Å². The van der Waals surface area contributed by atoms with E-state index in [0.717, 1.165) is 46.1 Å². The van der Waals surface area contributed by atoms with Gasteiger partial charge in [-0.05, 0) is 68.7 Å². The van der Waals surface area contributed by atoms with E-state index in [4.69, 9.17) is 4.98 Å². The zero-order valence-corrected chi connectivity index (χ0v) is 20.3. The fourth-order valence-corrected chi connectivity index (χ4v) is 5.31. The van der Waals surface area contributed by atoms with Crippen LogP contribution in [0.5, 0.6) is 0 Å². The van der Waals surface area contributed by atoms with Crippen LogP contribution in [0.25, 0.3) is 22.2 Å². The lowest BCUT2D eigenvalue weighted by atomic mass is 9.99. The molecule has 0 spiro atoms. The number of aryl methyl sites for hydroxylation is 2. The molecule has 0 saturated heterocycles. The topological polar surface area (TPSA) is 100 Å². The van der Waals surface area contributed by atoms with Crippen molar-refractivity contribution in [3.63, 3.8) is 0 Å². The molecule has 8 heteroatoms. The van der Waals surface area contributed by atoms with Gasteiger partial charge in [0.1, 0.15) is 0 Å². The van der Waals surface area contributed by atoms with E-state index in [1.165, 1.54) is 12.1 Å². The summed E-state index contributed by atoms with van der Waals surface area (Å²) in [7, 11) is -3.52. The first-order chi connectivity index (χ1) is 16.8. The minimum atomic E-state index is -3.52. The van der Waals surface area contributed by atoms with Crippen LogP contribution < -0.4 is 15.6 Å². The van der Waals surface area contributed by atoms with Crippen LogP contribution in [-0.2, 0) is 10.0 Å². The standard InChI is InChI=1S/C27H26N4O3S/c1-17-7-14-22(18(2)15-17)26-16-24(23-5-3-4-6-25(23)28-26)27(32)30-29-19-10-12-21(13-11-19)35(33,34)31-20-8-9-20/h3-7,10-16,20,29,31H,8-9H2,1-2H3,(H,30,32). The van der Waals surface area contributed by atoms with Crippen molar-refractivity contribution in [2.75, 3.05) is 5.43 Å². The highest BCUT2D eigenvalue weighted by atomic mass is 32.2. The maximum absolute atomic E-state index is 13.2. The van der Waals surface area contributed by atoms with Gasteiger partial charge < -0.3 is 0 Å². The summed E-state index contributed by atoms with van der Waals surface area (Å²) in [5, 5.41) is 0.743. The van der Waals surface area contributed by atoms with E-state index in [9.17, 15) is 13.2 Å². The van der Waals surface area contributed by atoms with Gasteiger partial charge >= 0.3 is 0 Å². The molecule has 0 bridgehead atoms. The number of sulfonamides is 1. The zero-order valence-electron chi connectivity index (χ0n) is 19.5. The lowest BCUT2D eigenvalue weighted by Crippen LogP contribution is -2.29. The Morgan fingerprint density at radius 2 is 1.69 bits per heavy atom. The number of anilines is 1. The molecule has 0 radical (unpaired) electrons. The van der Waals surface area contributed by atoms with E-state index in [-0.39, 0.29) is 16.8 Å². The van der Waals surface area contributed by atoms with Crippen molar-refractivity contribution in [1.82, 2.24) is 15.1 Å². The summed E-state index contributed by atoms with van der Waals surface area (Å²) in [5.41, 5.74) is 11.3. The predicted octanol–water partition coefficient (Wildman–Crippen LogP) is 4.72. The number of fused-ring (bicyclic) bond motifs is 1. The minimum Gasteiger partial charge on any atom is -0.298 e. The Hall–Kier alpha value is -3.75. The number of hydrogen-bond acceptors (Lipinski definition) is 5. The van der Waals surface area contributed by atoms with Crippen molar-refractivity contribution < 1.29 is 13.2 Å². The number of amides is 1. The number of nitrogens with one attached hydrogen (secondary N) is 3. The van der Waals surface area contributed by atoms with Crippen LogP contribution in [0.4, 0.5) is 5.69 Å². The molecule has 3 N–H and O–H groups in total. The molecule has 0 aliphatic heterocycles. The van der Waals surface area contributed by atoms with Gasteiger partial charge in [-0.3, -0.25) is 15.6 Å². The first kappa shape index (κ1) is 23.0. The molecule has 35 heavy (non-hydrogen) atoms. The number of hydrogen-bond donors (Lipinski definition) is 3. The summed E-state index contributed by atoms with van der Waals surface area (Å²) in [4.78, 5) is 18.2. The van der Waals surface area contributed by atoms with Crippen LogP contribution in [0.3, 0.4) is 0 Å². The SMILES string of the molecule is Cc1ccc(-c2cc(C(=O)NNc3ccc(S(=O)(=O)NC4CC4)cc3)c3ccccc3n2)c(C)c1. The smallest absolute Gasteiger partial charge is 0.270 e. The maximum atomic E-state index is 13.2. The van der Waals surface area contributed by atoms with E-state index in [1.807, 2.05) is 50.2 Å². The molecule has 4 aromatic rings. The van der Waals surface area contributed by atoms with Gasteiger partial charge in [0.25, 0.3) is 5.91 Å². The fraction of sp³-hybridized carbons (Fsp3) is 0.185. The lowest BCUT2D eigenvalue weighted by Gasteiger charge is -2.13. The van der Waals surface area contributed by atoms with Gasteiger partial charge in [0.15, 0.2) is 0 Å². The van der Waals surface area contributed by atoms with Gasteiger partial charge in [-0.1, -0.05) is 42.0 Å². The average Bonchev–Trinajstić information content (AvgIpc) is 3.65. The summed E-state index contributed by atoms with van der Waals surface area (Å²) in [6.07, 6.45) is 1.75. The highest BCUT2D eigenvalue weighted by Gasteiger charge is 2.27. The number of hydrazine groups is 1. The van der Waals surface area contributed by atoms with Crippen LogP contribution in [0.1, 0.15) is 34.3 Å². The van der Waals surface area contributed by atoms with E-state index in [0.29, 0.717) is 11.3 Å². The monoisotopic (exact) mass is 486 g/mol. The molecule has 1 amide bonds. The summed E-state index contributed by atoms with van der Waals surface area (Å²) >= 11 is 0. The molecule has 1 aliphatic carbocycles. The van der Waals surface area contributed by atoms with Crippen LogP contribution in [0.15, 0.2) is 77.7 Å². The number of para-hydroxylation sites is 1. The van der Waals surface area contributed by atoms with Crippen LogP contribution in [-0.4, -0.2) is 25.4 Å². The molecule has 1 aliphatic rings. The van der Waals surface area contributed by atoms with Crippen molar-refractivity contribution in [2.45, 2.75) is 37.6 Å².